The number of hydrogen-bond donors (Lipinski definition) is 1. The van der Waals surface area contributed by atoms with Crippen LogP contribution >= 0.6 is 43.5 Å². The maximum Gasteiger partial charge on any atom is 0.256 e. The summed E-state index contributed by atoms with van der Waals surface area (Å²) >= 11 is 12.3. The summed E-state index contributed by atoms with van der Waals surface area (Å²) in [7, 11) is 0. The van der Waals surface area contributed by atoms with Crippen LogP contribution in [0.15, 0.2) is 39.7 Å². The van der Waals surface area contributed by atoms with Gasteiger partial charge in [0.05, 0.1) is 17.4 Å². The molecule has 2 rings (SSSR count). The SMILES string of the molecule is O=C(Nc1cnc(Br)cn1)c1ccc(Cl)c(Br)c1. The molecule has 1 heterocycles. The number of carbonyl (C=O) groups is 1. The first-order valence-corrected chi connectivity index (χ1v) is 6.76. The van der Waals surface area contributed by atoms with Crippen molar-refractivity contribution in [2.24, 2.45) is 0 Å². The van der Waals surface area contributed by atoms with E-state index in [2.05, 4.69) is 47.1 Å². The molecule has 0 fully saturated rings. The molecule has 7 heteroatoms. The predicted molar refractivity (Wildman–Crippen MR) is 76.8 cm³/mol. The number of aromatic nitrogens is 2. The molecule has 0 spiro atoms. The van der Waals surface area contributed by atoms with Crippen molar-refractivity contribution >= 4 is 55.2 Å². The lowest BCUT2D eigenvalue weighted by atomic mass is 10.2. The lowest BCUT2D eigenvalue weighted by Crippen LogP contribution is -2.13. The molecule has 0 aliphatic heterocycles. The number of rotatable bonds is 2. The minimum Gasteiger partial charge on any atom is -0.305 e. The van der Waals surface area contributed by atoms with Crippen LogP contribution in [0.5, 0.6) is 0 Å². The van der Waals surface area contributed by atoms with Gasteiger partial charge in [-0.2, -0.15) is 0 Å². The number of amides is 1. The molecule has 1 N–H and O–H groups in total. The molecule has 0 aliphatic carbocycles. The molecule has 18 heavy (non-hydrogen) atoms. The van der Waals surface area contributed by atoms with Crippen LogP contribution in [-0.4, -0.2) is 15.9 Å². The van der Waals surface area contributed by atoms with Crippen LogP contribution in [0.1, 0.15) is 10.4 Å². The van der Waals surface area contributed by atoms with Crippen LogP contribution in [0.25, 0.3) is 0 Å². The maximum absolute atomic E-state index is 11.9. The van der Waals surface area contributed by atoms with Gasteiger partial charge in [-0.1, -0.05) is 11.6 Å². The van der Waals surface area contributed by atoms with Gasteiger partial charge < -0.3 is 5.32 Å². The average Bonchev–Trinajstić information content (AvgIpc) is 2.35. The molecule has 92 valence electrons. The molecule has 0 radical (unpaired) electrons. The first-order valence-electron chi connectivity index (χ1n) is 4.80. The van der Waals surface area contributed by atoms with E-state index in [-0.39, 0.29) is 5.91 Å². The first-order chi connectivity index (χ1) is 8.56. The van der Waals surface area contributed by atoms with Gasteiger partial charge in [0.2, 0.25) is 0 Å². The summed E-state index contributed by atoms with van der Waals surface area (Å²) in [6.07, 6.45) is 2.97. The molecule has 0 atom stereocenters. The van der Waals surface area contributed by atoms with Gasteiger partial charge in [0.25, 0.3) is 5.91 Å². The second-order valence-corrected chi connectivity index (χ2v) is 5.38. The molecule has 1 aromatic heterocycles. The van der Waals surface area contributed by atoms with Gasteiger partial charge in [-0.3, -0.25) is 4.79 Å². The summed E-state index contributed by atoms with van der Waals surface area (Å²) in [5.41, 5.74) is 0.482. The fourth-order valence-electron chi connectivity index (χ4n) is 1.20. The van der Waals surface area contributed by atoms with Gasteiger partial charge in [0.15, 0.2) is 5.82 Å². The van der Waals surface area contributed by atoms with Crippen molar-refractivity contribution in [1.29, 1.82) is 0 Å². The molecule has 1 aromatic carbocycles. The van der Waals surface area contributed by atoms with Crippen molar-refractivity contribution in [3.05, 3.63) is 50.3 Å². The molecule has 4 nitrogen and oxygen atoms in total. The highest BCUT2D eigenvalue weighted by Gasteiger charge is 2.09. The Morgan fingerprint density at radius 3 is 2.61 bits per heavy atom. The van der Waals surface area contributed by atoms with Gasteiger partial charge in [-0.05, 0) is 50.1 Å². The Morgan fingerprint density at radius 1 is 1.22 bits per heavy atom. The summed E-state index contributed by atoms with van der Waals surface area (Å²) in [6, 6.07) is 4.92. The van der Waals surface area contributed by atoms with Gasteiger partial charge in [-0.15, -0.1) is 0 Å². The zero-order chi connectivity index (χ0) is 13.1. The van der Waals surface area contributed by atoms with E-state index in [1.807, 2.05) is 0 Å². The Hall–Kier alpha value is -0.980. The zero-order valence-electron chi connectivity index (χ0n) is 8.82. The van der Waals surface area contributed by atoms with Gasteiger partial charge in [-0.25, -0.2) is 9.97 Å². The number of carbonyl (C=O) groups excluding carboxylic acids is 1. The summed E-state index contributed by atoms with van der Waals surface area (Å²) in [5.74, 6) is 0.110. The van der Waals surface area contributed by atoms with Gasteiger partial charge in [0, 0.05) is 10.0 Å². The zero-order valence-corrected chi connectivity index (χ0v) is 12.8. The van der Waals surface area contributed by atoms with Crippen molar-refractivity contribution in [3.63, 3.8) is 0 Å². The van der Waals surface area contributed by atoms with E-state index in [4.69, 9.17) is 11.6 Å². The van der Waals surface area contributed by atoms with Crippen molar-refractivity contribution < 1.29 is 4.79 Å². The molecular weight excluding hydrogens is 385 g/mol. The second kappa shape index (κ2) is 5.77. The normalized spacial score (nSPS) is 10.2. The predicted octanol–water partition coefficient (Wildman–Crippen LogP) is 3.91. The van der Waals surface area contributed by atoms with Crippen LogP contribution in [0.3, 0.4) is 0 Å². The number of nitrogens with one attached hydrogen (secondary N) is 1. The molecule has 2 aromatic rings. The average molecular weight is 391 g/mol. The fourth-order valence-corrected chi connectivity index (χ4v) is 1.90. The van der Waals surface area contributed by atoms with Crippen molar-refractivity contribution in [1.82, 2.24) is 9.97 Å². The largest absolute Gasteiger partial charge is 0.305 e. The van der Waals surface area contributed by atoms with E-state index in [1.54, 1.807) is 18.2 Å². The lowest BCUT2D eigenvalue weighted by molar-refractivity contribution is 0.102. The van der Waals surface area contributed by atoms with E-state index in [9.17, 15) is 4.79 Å². The van der Waals surface area contributed by atoms with Gasteiger partial charge in [0.1, 0.15) is 4.60 Å². The minimum atomic E-state index is -0.274. The summed E-state index contributed by atoms with van der Waals surface area (Å²) in [4.78, 5) is 19.9. The quantitative estimate of drug-likeness (QED) is 0.845. The Labute approximate surface area is 125 Å². The highest BCUT2D eigenvalue weighted by molar-refractivity contribution is 9.10. The van der Waals surface area contributed by atoms with E-state index in [0.29, 0.717) is 25.5 Å². The van der Waals surface area contributed by atoms with Crippen LogP contribution < -0.4 is 5.32 Å². The maximum atomic E-state index is 11.9. The Morgan fingerprint density at radius 2 is 2.00 bits per heavy atom. The standard InChI is InChI=1S/C11H6Br2ClN3O/c12-7-3-6(1-2-8(7)14)11(18)17-10-5-15-9(13)4-16-10/h1-5H,(H,16,17,18). The first kappa shape index (κ1) is 13.5. The Balaban J connectivity index is 2.16. The lowest BCUT2D eigenvalue weighted by Gasteiger charge is -2.05. The summed E-state index contributed by atoms with van der Waals surface area (Å²) in [6.45, 7) is 0. The topological polar surface area (TPSA) is 54.9 Å². The summed E-state index contributed by atoms with van der Waals surface area (Å²) < 4.78 is 1.27. The molecular formula is C11H6Br2ClN3O. The van der Waals surface area contributed by atoms with Crippen molar-refractivity contribution in [3.8, 4) is 0 Å². The highest BCUT2D eigenvalue weighted by atomic mass is 79.9. The molecule has 0 saturated carbocycles. The molecule has 0 aliphatic rings. The molecule has 0 saturated heterocycles. The monoisotopic (exact) mass is 389 g/mol. The second-order valence-electron chi connectivity index (χ2n) is 3.31. The molecule has 0 bridgehead atoms. The van der Waals surface area contributed by atoms with Gasteiger partial charge >= 0.3 is 0 Å². The van der Waals surface area contributed by atoms with E-state index in [0.717, 1.165) is 0 Å². The van der Waals surface area contributed by atoms with E-state index < -0.39 is 0 Å². The van der Waals surface area contributed by atoms with Crippen LogP contribution in [-0.2, 0) is 0 Å². The Kier molecular flexibility index (Phi) is 4.31. The number of halogens is 3. The summed E-state index contributed by atoms with van der Waals surface area (Å²) in [5, 5.41) is 3.19. The fraction of sp³-hybridized carbons (Fsp3) is 0. The van der Waals surface area contributed by atoms with E-state index >= 15 is 0 Å². The minimum absolute atomic E-state index is 0.274. The molecule has 1 amide bonds. The number of hydrogen-bond acceptors (Lipinski definition) is 3. The van der Waals surface area contributed by atoms with Crippen LogP contribution in [0, 0.1) is 0 Å². The van der Waals surface area contributed by atoms with Crippen molar-refractivity contribution in [2.45, 2.75) is 0 Å². The smallest absolute Gasteiger partial charge is 0.256 e. The van der Waals surface area contributed by atoms with Crippen molar-refractivity contribution in [2.75, 3.05) is 5.32 Å². The van der Waals surface area contributed by atoms with E-state index in [1.165, 1.54) is 12.4 Å². The highest BCUT2D eigenvalue weighted by Crippen LogP contribution is 2.23. The number of benzene rings is 1. The number of anilines is 1. The third kappa shape index (κ3) is 3.28. The van der Waals surface area contributed by atoms with Crippen LogP contribution in [0.2, 0.25) is 5.02 Å². The van der Waals surface area contributed by atoms with Crippen LogP contribution in [0.4, 0.5) is 5.82 Å². The molecule has 0 unspecified atom stereocenters. The third-order valence-electron chi connectivity index (χ3n) is 2.04. The Bertz CT molecular complexity index is 589. The third-order valence-corrected chi connectivity index (χ3v) is 3.67. The number of nitrogens with zero attached hydrogens (tertiary/aromatic N) is 2.